The van der Waals surface area contributed by atoms with Crippen molar-refractivity contribution in [3.63, 3.8) is 0 Å². The van der Waals surface area contributed by atoms with Crippen LogP contribution in [0.4, 0.5) is 0 Å². The maximum absolute atomic E-state index is 12.7. The summed E-state index contributed by atoms with van der Waals surface area (Å²) in [6.45, 7) is 1.63. The van der Waals surface area contributed by atoms with Gasteiger partial charge in [0.05, 0.1) is 7.11 Å². The number of methoxy groups -OCH3 is 1. The van der Waals surface area contributed by atoms with Crippen molar-refractivity contribution in [1.82, 2.24) is 9.88 Å². The van der Waals surface area contributed by atoms with Crippen molar-refractivity contribution in [1.29, 1.82) is 0 Å². The number of likely N-dealkylation sites (tertiary alicyclic amines) is 1. The molecule has 0 atom stereocenters. The molecule has 0 spiro atoms. The van der Waals surface area contributed by atoms with Gasteiger partial charge >= 0.3 is 0 Å². The number of pyridine rings is 1. The number of piperidine rings is 1. The fraction of sp³-hybridized carbons (Fsp3) is 0.333. The second-order valence-corrected chi connectivity index (χ2v) is 8.22. The number of nitrogens with zero attached hydrogens (tertiary/aromatic N) is 2. The summed E-state index contributed by atoms with van der Waals surface area (Å²) in [6.07, 6.45) is 4.15. The van der Waals surface area contributed by atoms with Gasteiger partial charge in [0.1, 0.15) is 5.75 Å². The lowest BCUT2D eigenvalue weighted by Gasteiger charge is -2.32. The molecule has 0 aliphatic carbocycles. The van der Waals surface area contributed by atoms with Crippen molar-refractivity contribution in [2.45, 2.75) is 38.0 Å². The molecular weight excluding hydrogens is 384 g/mol. The predicted octanol–water partition coefficient (Wildman–Crippen LogP) is 5.02. The summed E-state index contributed by atoms with van der Waals surface area (Å²) in [5.41, 5.74) is 4.73. The quantitative estimate of drug-likeness (QED) is 0.545. The molecule has 4 nitrogen and oxygen atoms in total. The fourth-order valence-electron chi connectivity index (χ4n) is 4.26. The van der Waals surface area contributed by atoms with Gasteiger partial charge in [0.2, 0.25) is 5.91 Å². The molecule has 4 heteroatoms. The molecule has 0 saturated carbocycles. The van der Waals surface area contributed by atoms with Gasteiger partial charge in [0, 0.05) is 43.2 Å². The Labute approximate surface area is 184 Å². The fourth-order valence-corrected chi connectivity index (χ4v) is 4.26. The van der Waals surface area contributed by atoms with E-state index in [0.29, 0.717) is 12.3 Å². The molecule has 0 unspecified atom stereocenters. The zero-order valence-electron chi connectivity index (χ0n) is 18.2. The highest BCUT2D eigenvalue weighted by Crippen LogP contribution is 2.27. The average Bonchev–Trinajstić information content (AvgIpc) is 2.84. The molecule has 2 heterocycles. The molecule has 1 aromatic heterocycles. The number of ether oxygens (including phenoxy) is 1. The van der Waals surface area contributed by atoms with E-state index in [0.717, 1.165) is 50.2 Å². The molecule has 1 amide bonds. The Morgan fingerprint density at radius 3 is 2.39 bits per heavy atom. The lowest BCUT2D eigenvalue weighted by Crippen LogP contribution is -2.38. The van der Waals surface area contributed by atoms with Crippen LogP contribution < -0.4 is 4.74 Å². The average molecular weight is 415 g/mol. The number of hydrogen-bond donors (Lipinski definition) is 0. The monoisotopic (exact) mass is 414 g/mol. The number of hydrogen-bond acceptors (Lipinski definition) is 3. The Morgan fingerprint density at radius 1 is 0.935 bits per heavy atom. The summed E-state index contributed by atoms with van der Waals surface area (Å²) in [6, 6.07) is 24.8. The van der Waals surface area contributed by atoms with Crippen LogP contribution in [0.1, 0.15) is 47.7 Å². The Bertz CT molecular complexity index is 978. The highest BCUT2D eigenvalue weighted by molar-refractivity contribution is 5.76. The van der Waals surface area contributed by atoms with E-state index in [1.54, 1.807) is 7.11 Å². The highest BCUT2D eigenvalue weighted by atomic mass is 16.5. The van der Waals surface area contributed by atoms with E-state index in [1.165, 1.54) is 16.8 Å². The van der Waals surface area contributed by atoms with Gasteiger partial charge in [0.15, 0.2) is 0 Å². The number of rotatable bonds is 7. The van der Waals surface area contributed by atoms with E-state index in [-0.39, 0.29) is 5.91 Å². The smallest absolute Gasteiger partial charge is 0.222 e. The zero-order valence-corrected chi connectivity index (χ0v) is 18.2. The SMILES string of the molecule is COc1ccc(CCC(=O)N2CCC(c3cccc(Cc4ccccc4)n3)CC2)cc1. The molecule has 0 radical (unpaired) electrons. The first-order valence-electron chi connectivity index (χ1n) is 11.1. The first kappa shape index (κ1) is 21.1. The van der Waals surface area contributed by atoms with Crippen LogP contribution in [0.3, 0.4) is 0 Å². The summed E-state index contributed by atoms with van der Waals surface area (Å²) in [7, 11) is 1.66. The molecule has 1 aliphatic rings. The molecule has 1 saturated heterocycles. The summed E-state index contributed by atoms with van der Waals surface area (Å²) in [5.74, 6) is 1.53. The van der Waals surface area contributed by atoms with E-state index in [2.05, 4.69) is 42.5 Å². The van der Waals surface area contributed by atoms with Gasteiger partial charge in [-0.25, -0.2) is 0 Å². The minimum atomic E-state index is 0.250. The third-order valence-corrected chi connectivity index (χ3v) is 6.11. The van der Waals surface area contributed by atoms with E-state index < -0.39 is 0 Å². The zero-order chi connectivity index (χ0) is 21.5. The summed E-state index contributed by atoms with van der Waals surface area (Å²) in [5, 5.41) is 0. The molecule has 31 heavy (non-hydrogen) atoms. The Hall–Kier alpha value is -3.14. The van der Waals surface area contributed by atoms with Crippen LogP contribution >= 0.6 is 0 Å². The van der Waals surface area contributed by atoms with Gasteiger partial charge in [-0.3, -0.25) is 9.78 Å². The van der Waals surface area contributed by atoms with Crippen LogP contribution in [0.5, 0.6) is 5.75 Å². The number of carbonyl (C=O) groups excluding carboxylic acids is 1. The van der Waals surface area contributed by atoms with Crippen molar-refractivity contribution in [2.75, 3.05) is 20.2 Å². The lowest BCUT2D eigenvalue weighted by atomic mass is 9.92. The summed E-state index contributed by atoms with van der Waals surface area (Å²) in [4.78, 5) is 19.6. The maximum atomic E-state index is 12.7. The normalized spacial score (nSPS) is 14.4. The molecule has 4 rings (SSSR count). The van der Waals surface area contributed by atoms with Gasteiger partial charge in [-0.2, -0.15) is 0 Å². The molecular formula is C27H30N2O2. The summed E-state index contributed by atoms with van der Waals surface area (Å²) < 4.78 is 5.19. The van der Waals surface area contributed by atoms with Gasteiger partial charge in [-0.1, -0.05) is 48.5 Å². The first-order chi connectivity index (χ1) is 15.2. The van der Waals surface area contributed by atoms with Gasteiger partial charge in [0.25, 0.3) is 0 Å². The standard InChI is InChI=1S/C27H30N2O2/c1-31-25-13-10-21(11-14-25)12-15-27(30)29-18-16-23(17-19-29)26-9-5-8-24(28-26)20-22-6-3-2-4-7-22/h2-11,13-14,23H,12,15-20H2,1H3. The van der Waals surface area contributed by atoms with Gasteiger partial charge in [-0.05, 0) is 54.7 Å². The lowest BCUT2D eigenvalue weighted by molar-refractivity contribution is -0.132. The molecule has 1 aliphatic heterocycles. The third-order valence-electron chi connectivity index (χ3n) is 6.11. The second kappa shape index (κ2) is 10.3. The molecule has 0 N–H and O–H groups in total. The van der Waals surface area contributed by atoms with Crippen LogP contribution in [0, 0.1) is 0 Å². The Kier molecular flexibility index (Phi) is 6.98. The van der Waals surface area contributed by atoms with Crippen LogP contribution in [-0.4, -0.2) is 36.0 Å². The van der Waals surface area contributed by atoms with Crippen molar-refractivity contribution in [2.24, 2.45) is 0 Å². The largest absolute Gasteiger partial charge is 0.497 e. The number of aromatic nitrogens is 1. The van der Waals surface area contributed by atoms with Gasteiger partial charge in [-0.15, -0.1) is 0 Å². The Morgan fingerprint density at radius 2 is 1.68 bits per heavy atom. The van der Waals surface area contributed by atoms with Crippen LogP contribution in [0.15, 0.2) is 72.8 Å². The van der Waals surface area contributed by atoms with E-state index >= 15 is 0 Å². The summed E-state index contributed by atoms with van der Waals surface area (Å²) >= 11 is 0. The van der Waals surface area contributed by atoms with Crippen LogP contribution in [-0.2, 0) is 17.6 Å². The minimum Gasteiger partial charge on any atom is -0.497 e. The van der Waals surface area contributed by atoms with Crippen molar-refractivity contribution < 1.29 is 9.53 Å². The second-order valence-electron chi connectivity index (χ2n) is 8.22. The number of aryl methyl sites for hydroxylation is 1. The molecule has 1 fully saturated rings. The van der Waals surface area contributed by atoms with Crippen molar-refractivity contribution in [3.05, 3.63) is 95.3 Å². The predicted molar refractivity (Wildman–Crippen MR) is 123 cm³/mol. The van der Waals surface area contributed by atoms with Crippen LogP contribution in [0.2, 0.25) is 0 Å². The van der Waals surface area contributed by atoms with Crippen molar-refractivity contribution >= 4 is 5.91 Å². The minimum absolute atomic E-state index is 0.250. The van der Waals surface area contributed by atoms with Gasteiger partial charge < -0.3 is 9.64 Å². The Balaban J connectivity index is 1.28. The molecule has 2 aromatic carbocycles. The third kappa shape index (κ3) is 5.72. The topological polar surface area (TPSA) is 42.4 Å². The molecule has 160 valence electrons. The number of amides is 1. The maximum Gasteiger partial charge on any atom is 0.222 e. The molecule has 3 aromatic rings. The van der Waals surface area contributed by atoms with E-state index in [9.17, 15) is 4.79 Å². The molecule has 0 bridgehead atoms. The number of carbonyl (C=O) groups is 1. The van der Waals surface area contributed by atoms with Crippen LogP contribution in [0.25, 0.3) is 0 Å². The first-order valence-corrected chi connectivity index (χ1v) is 11.1. The van der Waals surface area contributed by atoms with Crippen molar-refractivity contribution in [3.8, 4) is 5.75 Å². The van der Waals surface area contributed by atoms with E-state index in [1.807, 2.05) is 35.2 Å². The highest BCUT2D eigenvalue weighted by Gasteiger charge is 2.24. The number of benzene rings is 2. The van der Waals surface area contributed by atoms with E-state index in [4.69, 9.17) is 9.72 Å².